The highest BCUT2D eigenvalue weighted by atomic mass is 32.2. The van der Waals surface area contributed by atoms with Crippen molar-refractivity contribution in [2.24, 2.45) is 11.0 Å². The molecule has 0 spiro atoms. The van der Waals surface area contributed by atoms with E-state index in [4.69, 9.17) is 0 Å². The molecule has 1 atom stereocenters. The molecule has 76 valence electrons. The fourth-order valence-electron chi connectivity index (χ4n) is 1.19. The number of nitrogens with one attached hydrogen (secondary N) is 1. The van der Waals surface area contributed by atoms with Crippen molar-refractivity contribution in [1.29, 1.82) is 0 Å². The molecule has 1 unspecified atom stereocenters. The number of hydrogen-bond donors (Lipinski definition) is 1. The fraction of sp³-hybridized carbons (Fsp3) is 0.875. The number of hydrazone groups is 1. The van der Waals surface area contributed by atoms with Gasteiger partial charge in [0, 0.05) is 6.21 Å². The Bertz CT molecular complexity index is 283. The van der Waals surface area contributed by atoms with Crippen molar-refractivity contribution >= 4 is 16.1 Å². The lowest BCUT2D eigenvalue weighted by Crippen LogP contribution is -2.25. The largest absolute Gasteiger partial charge is 0.306 e. The molecule has 0 bridgehead atoms. The molecule has 1 fully saturated rings. The first-order chi connectivity index (χ1) is 5.99. The molecule has 1 aliphatic rings. The van der Waals surface area contributed by atoms with E-state index < -0.39 is 9.84 Å². The van der Waals surface area contributed by atoms with Gasteiger partial charge in [-0.3, -0.25) is 0 Å². The van der Waals surface area contributed by atoms with E-state index in [1.165, 1.54) is 0 Å². The third kappa shape index (κ3) is 3.76. The van der Waals surface area contributed by atoms with Crippen LogP contribution in [0.2, 0.25) is 0 Å². The minimum Gasteiger partial charge on any atom is -0.306 e. The molecule has 0 aromatic heterocycles. The van der Waals surface area contributed by atoms with E-state index in [9.17, 15) is 8.42 Å². The molecule has 0 radical (unpaired) electrons. The lowest BCUT2D eigenvalue weighted by Gasteiger charge is -2.05. The predicted octanol–water partition coefficient (Wildman–Crippen LogP) is 0.405. The summed E-state index contributed by atoms with van der Waals surface area (Å²) in [6.07, 6.45) is 2.46. The van der Waals surface area contributed by atoms with Gasteiger partial charge in [0.1, 0.15) is 0 Å². The summed E-state index contributed by atoms with van der Waals surface area (Å²) in [6, 6.07) is 0.0139. The number of hydrogen-bond acceptors (Lipinski definition) is 4. The summed E-state index contributed by atoms with van der Waals surface area (Å²) >= 11 is 0. The van der Waals surface area contributed by atoms with Crippen LogP contribution in [0, 0.1) is 5.92 Å². The van der Waals surface area contributed by atoms with Gasteiger partial charge in [0.25, 0.3) is 0 Å². The van der Waals surface area contributed by atoms with Crippen molar-refractivity contribution in [3.05, 3.63) is 0 Å². The Kier molecular flexibility index (Phi) is 3.30. The molecule has 1 heterocycles. The summed E-state index contributed by atoms with van der Waals surface area (Å²) in [6.45, 7) is 4.05. The van der Waals surface area contributed by atoms with Crippen LogP contribution in [0.1, 0.15) is 20.3 Å². The molecule has 5 heteroatoms. The predicted molar refractivity (Wildman–Crippen MR) is 53.5 cm³/mol. The fourth-order valence-corrected chi connectivity index (χ4v) is 2.86. The van der Waals surface area contributed by atoms with Crippen LogP contribution in [0.5, 0.6) is 0 Å². The zero-order chi connectivity index (χ0) is 9.90. The van der Waals surface area contributed by atoms with Crippen molar-refractivity contribution in [3.8, 4) is 0 Å². The van der Waals surface area contributed by atoms with E-state index in [0.717, 1.165) is 0 Å². The topological polar surface area (TPSA) is 58.5 Å². The molecule has 1 N–H and O–H groups in total. The molecule has 0 aromatic rings. The highest BCUT2D eigenvalue weighted by Crippen LogP contribution is 2.10. The SMILES string of the molecule is CC(C)/C=N/NC1CCS(=O)(=O)C1. The van der Waals surface area contributed by atoms with Crippen LogP contribution in [0.4, 0.5) is 0 Å². The van der Waals surface area contributed by atoms with Crippen molar-refractivity contribution < 1.29 is 8.42 Å². The maximum atomic E-state index is 11.0. The van der Waals surface area contributed by atoms with E-state index in [0.29, 0.717) is 18.1 Å². The standard InChI is InChI=1S/C8H16N2O2S/c1-7(2)5-9-10-8-3-4-13(11,12)6-8/h5,7-8,10H,3-4,6H2,1-2H3/b9-5+. The number of nitrogens with zero attached hydrogens (tertiary/aromatic N) is 1. The lowest BCUT2D eigenvalue weighted by atomic mass is 10.2. The normalized spacial score (nSPS) is 27.2. The maximum absolute atomic E-state index is 11.0. The molecule has 0 aliphatic carbocycles. The van der Waals surface area contributed by atoms with Crippen LogP contribution in [-0.2, 0) is 9.84 Å². The van der Waals surface area contributed by atoms with Crippen LogP contribution in [-0.4, -0.2) is 32.2 Å². The van der Waals surface area contributed by atoms with Gasteiger partial charge in [-0.15, -0.1) is 0 Å². The minimum atomic E-state index is -2.78. The monoisotopic (exact) mass is 204 g/mol. The summed E-state index contributed by atoms with van der Waals surface area (Å²) < 4.78 is 22.1. The van der Waals surface area contributed by atoms with Crippen molar-refractivity contribution in [1.82, 2.24) is 5.43 Å². The summed E-state index contributed by atoms with van der Waals surface area (Å²) in [4.78, 5) is 0. The van der Waals surface area contributed by atoms with Crippen LogP contribution < -0.4 is 5.43 Å². The Labute approximate surface area is 79.3 Å². The van der Waals surface area contributed by atoms with Crippen LogP contribution >= 0.6 is 0 Å². The minimum absolute atomic E-state index is 0.0139. The highest BCUT2D eigenvalue weighted by Gasteiger charge is 2.27. The van der Waals surface area contributed by atoms with Gasteiger partial charge in [-0.25, -0.2) is 8.42 Å². The number of sulfone groups is 1. The average molecular weight is 204 g/mol. The Morgan fingerprint density at radius 1 is 1.54 bits per heavy atom. The summed E-state index contributed by atoms with van der Waals surface area (Å²) in [7, 11) is -2.78. The van der Waals surface area contributed by atoms with Gasteiger partial charge in [0.2, 0.25) is 0 Å². The average Bonchev–Trinajstić information content (AvgIpc) is 2.29. The Morgan fingerprint density at radius 3 is 2.69 bits per heavy atom. The molecular formula is C8H16N2O2S. The van der Waals surface area contributed by atoms with Gasteiger partial charge in [-0.05, 0) is 12.3 Å². The van der Waals surface area contributed by atoms with Crippen LogP contribution in [0.15, 0.2) is 5.10 Å². The molecule has 0 aromatic carbocycles. The summed E-state index contributed by atoms with van der Waals surface area (Å²) in [5, 5.41) is 3.98. The first-order valence-corrected chi connectivity index (χ1v) is 6.31. The molecule has 1 saturated heterocycles. The van der Waals surface area contributed by atoms with Crippen molar-refractivity contribution in [2.45, 2.75) is 26.3 Å². The van der Waals surface area contributed by atoms with Crippen molar-refractivity contribution in [3.63, 3.8) is 0 Å². The second-order valence-electron chi connectivity index (χ2n) is 3.75. The van der Waals surface area contributed by atoms with E-state index in [2.05, 4.69) is 10.5 Å². The molecule has 1 rings (SSSR count). The van der Waals surface area contributed by atoms with E-state index >= 15 is 0 Å². The van der Waals surface area contributed by atoms with E-state index in [1.54, 1.807) is 6.21 Å². The summed E-state index contributed by atoms with van der Waals surface area (Å²) in [5.41, 5.74) is 2.86. The Morgan fingerprint density at radius 2 is 2.23 bits per heavy atom. The van der Waals surface area contributed by atoms with E-state index in [1.807, 2.05) is 13.8 Å². The molecule has 1 aliphatic heterocycles. The quantitative estimate of drug-likeness (QED) is 0.535. The van der Waals surface area contributed by atoms with E-state index in [-0.39, 0.29) is 11.8 Å². The Hall–Kier alpha value is -0.580. The van der Waals surface area contributed by atoms with Crippen LogP contribution in [0.25, 0.3) is 0 Å². The lowest BCUT2D eigenvalue weighted by molar-refractivity contribution is 0.576. The molecule has 4 nitrogen and oxygen atoms in total. The van der Waals surface area contributed by atoms with Crippen molar-refractivity contribution in [2.75, 3.05) is 11.5 Å². The molecule has 13 heavy (non-hydrogen) atoms. The number of rotatable bonds is 3. The molecular weight excluding hydrogens is 188 g/mol. The molecule has 0 amide bonds. The van der Waals surface area contributed by atoms with Gasteiger partial charge >= 0.3 is 0 Å². The first kappa shape index (κ1) is 10.5. The second kappa shape index (κ2) is 4.09. The third-order valence-corrected chi connectivity index (χ3v) is 3.63. The highest BCUT2D eigenvalue weighted by molar-refractivity contribution is 7.91. The first-order valence-electron chi connectivity index (χ1n) is 4.49. The Balaban J connectivity index is 2.33. The second-order valence-corrected chi connectivity index (χ2v) is 5.98. The molecule has 0 saturated carbocycles. The van der Waals surface area contributed by atoms with Gasteiger partial charge in [-0.1, -0.05) is 13.8 Å². The maximum Gasteiger partial charge on any atom is 0.152 e. The summed E-state index contributed by atoms with van der Waals surface area (Å²) in [5.74, 6) is 0.912. The zero-order valence-electron chi connectivity index (χ0n) is 8.03. The third-order valence-electron chi connectivity index (χ3n) is 1.86. The van der Waals surface area contributed by atoms with Crippen LogP contribution in [0.3, 0.4) is 0 Å². The van der Waals surface area contributed by atoms with Gasteiger partial charge in [-0.2, -0.15) is 5.10 Å². The smallest absolute Gasteiger partial charge is 0.152 e. The van der Waals surface area contributed by atoms with Gasteiger partial charge in [0.15, 0.2) is 9.84 Å². The zero-order valence-corrected chi connectivity index (χ0v) is 8.84. The van der Waals surface area contributed by atoms with Gasteiger partial charge in [0.05, 0.1) is 17.5 Å². The van der Waals surface area contributed by atoms with Gasteiger partial charge < -0.3 is 5.43 Å².